The predicted octanol–water partition coefficient (Wildman–Crippen LogP) is 3.82. The van der Waals surface area contributed by atoms with Crippen molar-refractivity contribution in [1.29, 1.82) is 0 Å². The van der Waals surface area contributed by atoms with Gasteiger partial charge in [0.15, 0.2) is 0 Å². The minimum absolute atomic E-state index is 0.156. The first-order valence-electron chi connectivity index (χ1n) is 10.9. The number of hydrogen-bond donors (Lipinski definition) is 0. The van der Waals surface area contributed by atoms with Crippen molar-refractivity contribution in [1.82, 2.24) is 9.80 Å². The normalized spacial score (nSPS) is 29.9. The maximum absolute atomic E-state index is 13.5. The Morgan fingerprint density at radius 3 is 2.40 bits per heavy atom. The third-order valence-electron chi connectivity index (χ3n) is 7.37. The number of ether oxygens (including phenoxy) is 1. The third-order valence-corrected chi connectivity index (χ3v) is 7.37. The highest BCUT2D eigenvalue weighted by molar-refractivity contribution is 5.84. The smallest absolute Gasteiger partial charge is 0.410 e. The van der Waals surface area contributed by atoms with Gasteiger partial charge in [-0.1, -0.05) is 54.6 Å². The van der Waals surface area contributed by atoms with Crippen LogP contribution >= 0.6 is 0 Å². The van der Waals surface area contributed by atoms with Crippen molar-refractivity contribution in [3.8, 4) is 0 Å². The van der Waals surface area contributed by atoms with Crippen LogP contribution in [0.1, 0.15) is 42.5 Å². The van der Waals surface area contributed by atoms with Crippen LogP contribution in [0.5, 0.6) is 0 Å². The van der Waals surface area contributed by atoms with Crippen LogP contribution in [0.3, 0.4) is 0 Å². The van der Waals surface area contributed by atoms with Crippen LogP contribution in [-0.2, 0) is 16.0 Å². The highest BCUT2D eigenvalue weighted by Crippen LogP contribution is 2.43. The highest BCUT2D eigenvalue weighted by atomic mass is 16.6. The number of nitrogens with zero attached hydrogens (tertiary/aromatic N) is 2. The van der Waals surface area contributed by atoms with Crippen LogP contribution < -0.4 is 0 Å². The second-order valence-corrected chi connectivity index (χ2v) is 8.84. The Balaban J connectivity index is 1.45. The molecule has 2 unspecified atom stereocenters. The molecule has 4 aliphatic heterocycles. The van der Waals surface area contributed by atoms with Gasteiger partial charge in [0.2, 0.25) is 0 Å². The zero-order chi connectivity index (χ0) is 20.7. The van der Waals surface area contributed by atoms with E-state index < -0.39 is 5.41 Å². The lowest BCUT2D eigenvalue weighted by Gasteiger charge is -2.51. The van der Waals surface area contributed by atoms with E-state index in [1.807, 2.05) is 29.2 Å². The number of ketones is 1. The number of piperidine rings is 3. The van der Waals surface area contributed by atoms with Crippen LogP contribution in [0.2, 0.25) is 0 Å². The van der Waals surface area contributed by atoms with Crippen molar-refractivity contribution in [2.45, 2.75) is 38.3 Å². The van der Waals surface area contributed by atoms with E-state index in [0.717, 1.165) is 43.5 Å². The fourth-order valence-corrected chi connectivity index (χ4v) is 5.54. The van der Waals surface area contributed by atoms with Crippen molar-refractivity contribution >= 4 is 11.9 Å². The Morgan fingerprint density at radius 2 is 1.67 bits per heavy atom. The number of benzene rings is 2. The Morgan fingerprint density at radius 1 is 0.967 bits per heavy atom. The van der Waals surface area contributed by atoms with Crippen molar-refractivity contribution in [2.75, 3.05) is 26.2 Å². The maximum Gasteiger partial charge on any atom is 0.410 e. The zero-order valence-corrected chi connectivity index (χ0v) is 17.4. The van der Waals surface area contributed by atoms with Gasteiger partial charge in [0.05, 0.1) is 11.5 Å². The molecule has 3 saturated heterocycles. The second-order valence-electron chi connectivity index (χ2n) is 8.84. The lowest BCUT2D eigenvalue weighted by Crippen LogP contribution is -2.62. The van der Waals surface area contributed by atoms with E-state index in [4.69, 9.17) is 4.74 Å². The number of fused-ring (bicyclic) bond motifs is 4. The topological polar surface area (TPSA) is 49.9 Å². The van der Waals surface area contributed by atoms with Crippen molar-refractivity contribution < 1.29 is 14.3 Å². The highest BCUT2D eigenvalue weighted by Gasteiger charge is 2.53. The third kappa shape index (κ3) is 3.12. The number of Topliss-reactive ketones (excluding diaryl/α,β-unsaturated/α-hetero) is 1. The van der Waals surface area contributed by atoms with Crippen molar-refractivity contribution in [3.63, 3.8) is 0 Å². The second kappa shape index (κ2) is 7.55. The van der Waals surface area contributed by atoms with Crippen LogP contribution in [0.25, 0.3) is 0 Å². The molecule has 2 bridgehead atoms. The molecule has 4 aliphatic rings. The van der Waals surface area contributed by atoms with Crippen LogP contribution in [-0.4, -0.2) is 54.0 Å². The molecule has 3 fully saturated rings. The van der Waals surface area contributed by atoms with Crippen LogP contribution in [0, 0.1) is 5.41 Å². The standard InChI is InChI=1S/C25H28N2O3/c1-18(28)25-12-15-26(16-13-25)17-22(25)30-24(29)27-14-11-19-7-5-6-10-21(19)23(27)20-8-3-2-4-9-20/h2-10,22-23H,11-17H2,1H3. The fraction of sp³-hybridized carbons (Fsp3) is 0.440. The van der Waals surface area contributed by atoms with Gasteiger partial charge in [-0.15, -0.1) is 0 Å². The molecule has 5 heteroatoms. The molecule has 0 aromatic heterocycles. The van der Waals surface area contributed by atoms with Crippen molar-refractivity contribution in [3.05, 3.63) is 71.3 Å². The molecule has 2 atom stereocenters. The van der Waals surface area contributed by atoms with Gasteiger partial charge in [-0.05, 0) is 56.0 Å². The Hall–Kier alpha value is -2.66. The molecule has 0 aliphatic carbocycles. The van der Waals surface area contributed by atoms with Gasteiger partial charge >= 0.3 is 6.09 Å². The van der Waals surface area contributed by atoms with Gasteiger partial charge in [-0.3, -0.25) is 14.6 Å². The predicted molar refractivity (Wildman–Crippen MR) is 114 cm³/mol. The Kier molecular flexibility index (Phi) is 4.86. The molecule has 0 saturated carbocycles. The lowest BCUT2D eigenvalue weighted by molar-refractivity contribution is -0.151. The van der Waals surface area contributed by atoms with Gasteiger partial charge in [-0.25, -0.2) is 4.79 Å². The molecule has 1 amide bonds. The largest absolute Gasteiger partial charge is 0.444 e. The quantitative estimate of drug-likeness (QED) is 0.780. The van der Waals surface area contributed by atoms with Gasteiger partial charge in [0.25, 0.3) is 0 Å². The molecule has 2 aromatic carbocycles. The van der Waals surface area contributed by atoms with Gasteiger partial charge < -0.3 is 4.74 Å². The van der Waals surface area contributed by atoms with Crippen LogP contribution in [0.15, 0.2) is 54.6 Å². The number of rotatable bonds is 3. The van der Waals surface area contributed by atoms with Gasteiger partial charge in [-0.2, -0.15) is 0 Å². The number of hydrogen-bond acceptors (Lipinski definition) is 4. The average Bonchev–Trinajstić information content (AvgIpc) is 2.79. The SMILES string of the molecule is CC(=O)C12CCN(CC1)CC2OC(=O)N1CCc2ccccc2C1c1ccccc1. The van der Waals surface area contributed by atoms with E-state index >= 15 is 0 Å². The molecule has 2 aromatic rings. The summed E-state index contributed by atoms with van der Waals surface area (Å²) in [6, 6.07) is 18.3. The number of carbonyl (C=O) groups excluding carboxylic acids is 2. The molecular weight excluding hydrogens is 376 g/mol. The summed E-state index contributed by atoms with van der Waals surface area (Å²) in [5.41, 5.74) is 3.00. The van der Waals surface area contributed by atoms with E-state index in [9.17, 15) is 9.59 Å². The first-order valence-corrected chi connectivity index (χ1v) is 10.9. The van der Waals surface area contributed by atoms with E-state index in [-0.39, 0.29) is 24.0 Å². The first-order chi connectivity index (χ1) is 14.6. The summed E-state index contributed by atoms with van der Waals surface area (Å²) in [4.78, 5) is 30.2. The van der Waals surface area contributed by atoms with E-state index in [1.165, 1.54) is 5.56 Å². The summed E-state index contributed by atoms with van der Waals surface area (Å²) in [6.07, 6.45) is 1.70. The number of amides is 1. The monoisotopic (exact) mass is 404 g/mol. The average molecular weight is 405 g/mol. The van der Waals surface area contributed by atoms with E-state index in [0.29, 0.717) is 13.1 Å². The Labute approximate surface area is 177 Å². The first kappa shape index (κ1) is 19.3. The minimum Gasteiger partial charge on any atom is -0.444 e. The molecular formula is C25H28N2O3. The van der Waals surface area contributed by atoms with Crippen LogP contribution in [0.4, 0.5) is 4.79 Å². The summed E-state index contributed by atoms with van der Waals surface area (Å²) >= 11 is 0. The summed E-state index contributed by atoms with van der Waals surface area (Å²) in [5.74, 6) is 0.156. The fourth-order valence-electron chi connectivity index (χ4n) is 5.54. The van der Waals surface area contributed by atoms with Gasteiger partial charge in [0, 0.05) is 13.1 Å². The lowest BCUT2D eigenvalue weighted by atomic mass is 9.67. The van der Waals surface area contributed by atoms with E-state index in [1.54, 1.807) is 6.92 Å². The molecule has 0 N–H and O–H groups in total. The summed E-state index contributed by atoms with van der Waals surface area (Å²) in [6.45, 7) is 4.76. The number of carbonyl (C=O) groups is 2. The summed E-state index contributed by atoms with van der Waals surface area (Å²) in [5, 5.41) is 0. The molecule has 4 heterocycles. The molecule has 156 valence electrons. The minimum atomic E-state index is -0.514. The van der Waals surface area contributed by atoms with E-state index in [2.05, 4.69) is 35.2 Å². The maximum atomic E-state index is 13.5. The molecule has 6 rings (SSSR count). The molecule has 30 heavy (non-hydrogen) atoms. The summed E-state index contributed by atoms with van der Waals surface area (Å²) in [7, 11) is 0. The molecule has 0 spiro atoms. The van der Waals surface area contributed by atoms with Crippen molar-refractivity contribution in [2.24, 2.45) is 5.41 Å². The molecule has 5 nitrogen and oxygen atoms in total. The molecule has 0 radical (unpaired) electrons. The summed E-state index contributed by atoms with van der Waals surface area (Å²) < 4.78 is 6.12. The zero-order valence-electron chi connectivity index (χ0n) is 17.4. The Bertz CT molecular complexity index is 950. The van der Waals surface area contributed by atoms with Gasteiger partial charge in [0.1, 0.15) is 11.9 Å².